The number of thioether (sulfide) groups is 1. The molecular weight excluding hydrogens is 1110 g/mol. The van der Waals surface area contributed by atoms with Crippen LogP contribution in [0.3, 0.4) is 0 Å². The van der Waals surface area contributed by atoms with Crippen molar-refractivity contribution < 1.29 is 4.74 Å². The van der Waals surface area contributed by atoms with Crippen LogP contribution in [-0.4, -0.2) is 117 Å². The van der Waals surface area contributed by atoms with Gasteiger partial charge in [0.2, 0.25) is 0 Å². The van der Waals surface area contributed by atoms with E-state index in [-0.39, 0.29) is 0 Å². The van der Waals surface area contributed by atoms with Gasteiger partial charge in [-0.05, 0) is 228 Å². The van der Waals surface area contributed by atoms with Crippen molar-refractivity contribution in [1.82, 2.24) is 52.4 Å². The summed E-state index contributed by atoms with van der Waals surface area (Å²) in [6.07, 6.45) is 65.7. The van der Waals surface area contributed by atoms with Crippen LogP contribution < -0.4 is 37.2 Å². The van der Waals surface area contributed by atoms with E-state index >= 15 is 0 Å². The average molecular weight is 1250 g/mol. The molecule has 3 aliphatic carbocycles. The Hall–Kier alpha value is -3.69. The summed E-state index contributed by atoms with van der Waals surface area (Å²) in [4.78, 5) is 3.78. The van der Waals surface area contributed by atoms with Crippen molar-refractivity contribution in [2.75, 3.05) is 90.2 Å². The van der Waals surface area contributed by atoms with Gasteiger partial charge in [0.05, 0.1) is 0 Å². The number of hydrogen-bond acceptors (Lipinski definition) is 11. The van der Waals surface area contributed by atoms with Crippen LogP contribution in [0.4, 0.5) is 0 Å². The number of rotatable bonds is 0. The summed E-state index contributed by atoms with van der Waals surface area (Å²) < 4.78 is 5.07. The minimum absolute atomic E-state index is 0.911. The largest absolute Gasteiger partial charge is 0.381 e. The Bertz CT molecular complexity index is 1650. The highest BCUT2D eigenvalue weighted by Gasteiger charge is 2.26. The molecule has 4 aromatic rings. The molecule has 12 heteroatoms. The summed E-state index contributed by atoms with van der Waals surface area (Å²) in [5.41, 5.74) is 2.91. The van der Waals surface area contributed by atoms with Gasteiger partial charge in [0.1, 0.15) is 0 Å². The topological polar surface area (TPSA) is 135 Å². The molecule has 10 aliphatic heterocycles. The number of allylic oxidation sites excluding steroid dienone is 2. The van der Waals surface area contributed by atoms with Crippen molar-refractivity contribution in [3.63, 3.8) is 0 Å². The molecule has 12 heterocycles. The fourth-order valence-corrected chi connectivity index (χ4v) is 12.0. The zero-order valence-electron chi connectivity index (χ0n) is 56.6. The highest BCUT2D eigenvalue weighted by atomic mass is 32.2. The number of benzene rings is 2. The molecule has 2 saturated carbocycles. The van der Waals surface area contributed by atoms with E-state index in [1.807, 2.05) is 60.7 Å². The summed E-state index contributed by atoms with van der Waals surface area (Å²) in [6.45, 7) is 16.3. The van der Waals surface area contributed by atoms with Gasteiger partial charge in [-0.3, -0.25) is 10.1 Å². The van der Waals surface area contributed by atoms with Crippen LogP contribution in [0.1, 0.15) is 236 Å². The predicted molar refractivity (Wildman–Crippen MR) is 389 cm³/mol. The van der Waals surface area contributed by atoms with E-state index in [1.54, 1.807) is 24.8 Å². The van der Waals surface area contributed by atoms with Gasteiger partial charge in [-0.2, -0.15) is 16.9 Å². The number of fused-ring (bicyclic) bond motifs is 3. The van der Waals surface area contributed by atoms with Gasteiger partial charge in [-0.1, -0.05) is 187 Å². The van der Waals surface area contributed by atoms with Gasteiger partial charge in [-0.25, -0.2) is 0 Å². The van der Waals surface area contributed by atoms with Crippen LogP contribution >= 0.6 is 11.8 Å². The first-order chi connectivity index (χ1) is 44.4. The number of hydrogen-bond donors (Lipinski definition) is 8. The van der Waals surface area contributed by atoms with E-state index in [9.17, 15) is 0 Å². The first-order valence-electron chi connectivity index (χ1n) is 36.7. The normalized spacial score (nSPS) is 21.6. The average Bonchev–Trinajstić information content (AvgIpc) is 4.43. The SMILES string of the molecule is C1=CCCC1.C1=CCNCC1.C1CC2CCC(C1)N2.C1CCCC1.C1CCCCC1.C1CCNC1.C1CCNCC1.C1CCNCC1.C1CCOCC1.C1CCSCC1.C1CNC1.c1ccc2c(c1)CNC2.c1ccccc1.c1ccncc1.c1cn[nH]c1. The molecule has 0 amide bonds. The number of nitrogens with one attached hydrogen (secondary N) is 8. The summed E-state index contributed by atoms with van der Waals surface area (Å²) in [5.74, 6) is 2.83. The number of pyridine rings is 1. The highest BCUT2D eigenvalue weighted by molar-refractivity contribution is 7.99. The minimum atomic E-state index is 0.911. The monoisotopic (exact) mass is 1250 g/mol. The Morgan fingerprint density at radius 1 is 0.337 bits per heavy atom. The zero-order valence-corrected chi connectivity index (χ0v) is 57.4. The Labute approximate surface area is 551 Å². The maximum atomic E-state index is 5.07. The molecule has 2 bridgehead atoms. The number of aromatic amines is 1. The van der Waals surface area contributed by atoms with E-state index in [0.29, 0.717) is 0 Å². The second-order valence-corrected chi connectivity index (χ2v) is 25.9. The van der Waals surface area contributed by atoms with E-state index in [1.165, 1.54) is 300 Å². The Kier molecular flexibility index (Phi) is 60.1. The molecule has 2 aromatic carbocycles. The van der Waals surface area contributed by atoms with E-state index in [4.69, 9.17) is 4.74 Å². The molecule has 504 valence electrons. The number of H-pyrrole nitrogens is 1. The third-order valence-electron chi connectivity index (χ3n) is 16.6. The third kappa shape index (κ3) is 56.8. The molecule has 0 radical (unpaired) electrons. The van der Waals surface area contributed by atoms with Crippen molar-refractivity contribution in [1.29, 1.82) is 0 Å². The zero-order chi connectivity index (χ0) is 62.4. The number of nitrogens with zero attached hydrogens (tertiary/aromatic N) is 2. The van der Waals surface area contributed by atoms with Gasteiger partial charge in [0, 0.05) is 69.7 Å². The van der Waals surface area contributed by atoms with Crippen molar-refractivity contribution in [3.05, 3.63) is 145 Å². The van der Waals surface area contributed by atoms with Gasteiger partial charge in [0.15, 0.2) is 0 Å². The second kappa shape index (κ2) is 67.2. The second-order valence-electron chi connectivity index (χ2n) is 24.7. The van der Waals surface area contributed by atoms with Gasteiger partial charge < -0.3 is 42.0 Å². The summed E-state index contributed by atoms with van der Waals surface area (Å²) in [6, 6.07) is 29.9. The Balaban J connectivity index is 0.000000250. The molecule has 10 fully saturated rings. The lowest BCUT2D eigenvalue weighted by Gasteiger charge is -2.19. The number of piperidine rings is 3. The molecule has 8 N–H and O–H groups in total. The van der Waals surface area contributed by atoms with Crippen LogP contribution in [0.2, 0.25) is 0 Å². The van der Waals surface area contributed by atoms with Crippen LogP contribution in [0.5, 0.6) is 0 Å². The molecule has 2 unspecified atom stereocenters. The molecule has 13 aliphatic rings. The summed E-state index contributed by atoms with van der Waals surface area (Å²) in [5, 5.41) is 29.2. The lowest BCUT2D eigenvalue weighted by atomic mass is 10.0. The Morgan fingerprint density at radius 2 is 0.753 bits per heavy atom. The molecule has 89 heavy (non-hydrogen) atoms. The van der Waals surface area contributed by atoms with Crippen LogP contribution in [0.15, 0.2) is 134 Å². The van der Waals surface area contributed by atoms with Gasteiger partial charge in [0.25, 0.3) is 0 Å². The first-order valence-corrected chi connectivity index (χ1v) is 37.9. The molecule has 0 spiro atoms. The fraction of sp³-hybridized carbons (Fsp3) is 0.688. The molecule has 2 aromatic heterocycles. The highest BCUT2D eigenvalue weighted by Crippen LogP contribution is 2.26. The summed E-state index contributed by atoms with van der Waals surface area (Å²) in [7, 11) is 0. The fourth-order valence-electron chi connectivity index (χ4n) is 11.0. The molecule has 8 saturated heterocycles. The molecular formula is C77H134N10OS. The first kappa shape index (κ1) is 79.5. The summed E-state index contributed by atoms with van der Waals surface area (Å²) >= 11 is 2.09. The lowest BCUT2D eigenvalue weighted by Crippen LogP contribution is -2.33. The van der Waals surface area contributed by atoms with E-state index in [0.717, 1.165) is 51.5 Å². The smallest absolute Gasteiger partial charge is 0.0487 e. The molecule has 2 atom stereocenters. The predicted octanol–water partition coefficient (Wildman–Crippen LogP) is 17.3. The van der Waals surface area contributed by atoms with Crippen molar-refractivity contribution in [2.45, 2.75) is 250 Å². The number of ether oxygens (including phenoxy) is 1. The van der Waals surface area contributed by atoms with Crippen molar-refractivity contribution in [3.8, 4) is 0 Å². The molecule has 11 nitrogen and oxygen atoms in total. The van der Waals surface area contributed by atoms with E-state index < -0.39 is 0 Å². The van der Waals surface area contributed by atoms with Crippen molar-refractivity contribution in [2.24, 2.45) is 0 Å². The van der Waals surface area contributed by atoms with Crippen LogP contribution in [-0.2, 0) is 17.8 Å². The van der Waals surface area contributed by atoms with Crippen LogP contribution in [0, 0.1) is 0 Å². The van der Waals surface area contributed by atoms with Gasteiger partial charge in [-0.15, -0.1) is 0 Å². The maximum absolute atomic E-state index is 5.07. The van der Waals surface area contributed by atoms with Gasteiger partial charge >= 0.3 is 0 Å². The van der Waals surface area contributed by atoms with E-state index in [2.05, 4.69) is 113 Å². The van der Waals surface area contributed by atoms with Crippen molar-refractivity contribution >= 4 is 11.8 Å². The van der Waals surface area contributed by atoms with Crippen LogP contribution in [0.25, 0.3) is 0 Å². The number of aromatic nitrogens is 3. The maximum Gasteiger partial charge on any atom is 0.0487 e. The Morgan fingerprint density at radius 3 is 0.966 bits per heavy atom. The quantitative estimate of drug-likeness (QED) is 0.0800. The third-order valence-corrected chi connectivity index (χ3v) is 17.8. The standard InChI is InChI=1S/C8H9N.C7H13N.C6H12.C6H6.2C5H11N.C5H9N.C5H5N.C5H10O.C5H10S.C5H10.C5H8.C4H9N.C3H4N2.C3H7N/c1-2-4-8-6-9-5-7(8)3-1;1-2-6-4-5-7(3-1)8-6;8*1-2-4-6-5-3-1;4*1-2-4-5-3-1;1-2-4-3-1/h1-4,9H,5-6H2;6-8H,1-5H2;1-6H2;1-6H;2*6H,1-5H2;1-2,6H,3-5H2;1-5H;2*1-5H2;1-5H2;1-2H,3-5H2;5H,1-4H2;1-3H,(H,4,5);4H,1-3H2. The lowest BCUT2D eigenvalue weighted by molar-refractivity contribution is 0.0968. The minimum Gasteiger partial charge on any atom is -0.381 e. The molecule has 17 rings (SSSR count).